The third-order valence-electron chi connectivity index (χ3n) is 5.19. The first kappa shape index (κ1) is 13.5. The molecule has 2 N–H and O–H groups in total. The van der Waals surface area contributed by atoms with Crippen molar-refractivity contribution in [1.29, 1.82) is 0 Å². The molecule has 2 heteroatoms. The van der Waals surface area contributed by atoms with Gasteiger partial charge in [0.25, 0.3) is 0 Å². The van der Waals surface area contributed by atoms with E-state index in [4.69, 9.17) is 6.85 Å². The van der Waals surface area contributed by atoms with Gasteiger partial charge < -0.3 is 10.2 Å². The van der Waals surface area contributed by atoms with Crippen molar-refractivity contribution in [2.45, 2.75) is 78.0 Å². The van der Waals surface area contributed by atoms with Crippen LogP contribution in [0.15, 0.2) is 35.9 Å². The number of phenols is 2. The summed E-state index contributed by atoms with van der Waals surface area (Å²) in [5.41, 5.74) is 1.97. The van der Waals surface area contributed by atoms with Crippen LogP contribution < -0.4 is 0 Å². The predicted octanol–water partition coefficient (Wildman–Crippen LogP) is 6.63. The van der Waals surface area contributed by atoms with Gasteiger partial charge in [0, 0.05) is 15.6 Å². The SMILES string of the molecule is [2H]C([2H])=C(C)C1CCC(C([2H])([2H])[2H])=CC1c1c(O)cc(CCCCCCC)cc1O. The molecule has 1 aliphatic carbocycles. The fraction of sp³-hybridized carbons (Fsp3) is 0.565. The molecule has 25 heavy (non-hydrogen) atoms. The van der Waals surface area contributed by atoms with Crippen LogP contribution in [0.4, 0.5) is 0 Å². The Morgan fingerprint density at radius 1 is 1.24 bits per heavy atom. The van der Waals surface area contributed by atoms with Crippen LogP contribution in [-0.4, -0.2) is 10.2 Å². The van der Waals surface area contributed by atoms with Crippen molar-refractivity contribution in [3.8, 4) is 11.5 Å². The monoisotopic (exact) mass is 347 g/mol. The van der Waals surface area contributed by atoms with Crippen molar-refractivity contribution in [3.05, 3.63) is 47.0 Å². The van der Waals surface area contributed by atoms with Crippen LogP contribution in [0, 0.1) is 5.92 Å². The van der Waals surface area contributed by atoms with E-state index in [0.29, 0.717) is 24.0 Å². The molecule has 0 heterocycles. The van der Waals surface area contributed by atoms with Gasteiger partial charge in [-0.3, -0.25) is 0 Å². The molecule has 0 bridgehead atoms. The summed E-state index contributed by atoms with van der Waals surface area (Å²) in [7, 11) is 0. The van der Waals surface area contributed by atoms with E-state index in [1.54, 1.807) is 25.1 Å². The van der Waals surface area contributed by atoms with Crippen molar-refractivity contribution in [3.63, 3.8) is 0 Å². The standard InChI is InChI=1S/C23H34O2/c1-5-6-7-8-9-10-18-14-21(24)23(22(25)15-18)20-13-17(4)11-12-19(20)16(2)3/h13-15,19-20,24-25H,2,5-12H2,1,3-4H3/i2D2,4D3. The minimum Gasteiger partial charge on any atom is -0.507 e. The van der Waals surface area contributed by atoms with Gasteiger partial charge in [-0.25, -0.2) is 0 Å². The largest absolute Gasteiger partial charge is 0.507 e. The summed E-state index contributed by atoms with van der Waals surface area (Å²) >= 11 is 0. The zero-order valence-electron chi connectivity index (χ0n) is 20.4. The van der Waals surface area contributed by atoms with E-state index in [9.17, 15) is 10.2 Å². The van der Waals surface area contributed by atoms with Gasteiger partial charge in [-0.05, 0) is 63.1 Å². The van der Waals surface area contributed by atoms with Crippen molar-refractivity contribution < 1.29 is 17.1 Å². The maximum absolute atomic E-state index is 10.8. The molecule has 1 aromatic rings. The van der Waals surface area contributed by atoms with Crippen molar-refractivity contribution in [1.82, 2.24) is 0 Å². The van der Waals surface area contributed by atoms with Crippen LogP contribution in [0.2, 0.25) is 0 Å². The smallest absolute Gasteiger partial charge is 0.123 e. The molecular weight excluding hydrogens is 308 g/mol. The number of allylic oxidation sites excluding steroid dienone is 3. The maximum Gasteiger partial charge on any atom is 0.123 e. The molecule has 0 amide bonds. The number of rotatable bonds is 8. The van der Waals surface area contributed by atoms with E-state index in [1.165, 1.54) is 19.3 Å². The Kier molecular flexibility index (Phi) is 4.93. The highest BCUT2D eigenvalue weighted by molar-refractivity contribution is 5.51. The Morgan fingerprint density at radius 2 is 1.96 bits per heavy atom. The number of phenolic OH excluding ortho intramolecular Hbond substituents is 2. The number of aromatic hydroxyl groups is 2. The minimum atomic E-state index is -2.24. The maximum atomic E-state index is 10.8. The Bertz CT molecular complexity index is 768. The quantitative estimate of drug-likeness (QED) is 0.409. The summed E-state index contributed by atoms with van der Waals surface area (Å²) in [4.78, 5) is 0. The molecule has 0 aromatic heterocycles. The van der Waals surface area contributed by atoms with Crippen molar-refractivity contribution in [2.24, 2.45) is 5.92 Å². The number of hydrogen-bond acceptors (Lipinski definition) is 2. The molecule has 138 valence electrons. The first-order valence-corrected chi connectivity index (χ1v) is 9.46. The second kappa shape index (κ2) is 9.12. The van der Waals surface area contributed by atoms with E-state index in [2.05, 4.69) is 6.92 Å². The molecule has 0 radical (unpaired) electrons. The second-order valence-corrected chi connectivity index (χ2v) is 7.26. The Morgan fingerprint density at radius 3 is 2.60 bits per heavy atom. The van der Waals surface area contributed by atoms with Gasteiger partial charge in [0.2, 0.25) is 0 Å². The lowest BCUT2D eigenvalue weighted by Crippen LogP contribution is -2.17. The molecule has 1 aromatic carbocycles. The van der Waals surface area contributed by atoms with Crippen molar-refractivity contribution >= 4 is 0 Å². The number of hydrogen-bond donors (Lipinski definition) is 2. The molecular formula is C23H34O2. The van der Waals surface area contributed by atoms with Gasteiger partial charge in [0.05, 0.1) is 2.74 Å². The topological polar surface area (TPSA) is 40.5 Å². The van der Waals surface area contributed by atoms with E-state index < -0.39 is 12.8 Å². The van der Waals surface area contributed by atoms with Crippen LogP contribution in [0.3, 0.4) is 0 Å². The lowest BCUT2D eigenvalue weighted by atomic mass is 9.73. The normalized spacial score (nSPS) is 23.6. The highest BCUT2D eigenvalue weighted by Gasteiger charge is 2.30. The Labute approximate surface area is 160 Å². The first-order valence-electron chi connectivity index (χ1n) is 12.0. The molecule has 0 spiro atoms. The minimum absolute atomic E-state index is 0.0547. The summed E-state index contributed by atoms with van der Waals surface area (Å²) < 4.78 is 38.7. The highest BCUT2D eigenvalue weighted by Crippen LogP contribution is 2.46. The second-order valence-electron chi connectivity index (χ2n) is 7.26. The van der Waals surface area contributed by atoms with Gasteiger partial charge in [-0.2, -0.15) is 0 Å². The van der Waals surface area contributed by atoms with Gasteiger partial charge in [0.15, 0.2) is 0 Å². The lowest BCUT2D eigenvalue weighted by Gasteiger charge is -2.31. The van der Waals surface area contributed by atoms with Gasteiger partial charge in [-0.1, -0.05) is 56.4 Å². The van der Waals surface area contributed by atoms with Crippen LogP contribution in [0.5, 0.6) is 11.5 Å². The molecule has 0 saturated heterocycles. The highest BCUT2D eigenvalue weighted by atomic mass is 16.3. The first-order chi connectivity index (χ1) is 14.1. The summed E-state index contributed by atoms with van der Waals surface area (Å²) in [5, 5.41) is 21.5. The number of benzene rings is 1. The zero-order chi connectivity index (χ0) is 22.5. The average molecular weight is 348 g/mol. The molecule has 2 atom stereocenters. The number of aryl methyl sites for hydroxylation is 1. The fourth-order valence-corrected chi connectivity index (χ4v) is 3.78. The number of unbranched alkanes of at least 4 members (excludes halogenated alkanes) is 4. The van der Waals surface area contributed by atoms with E-state index in [-0.39, 0.29) is 29.5 Å². The summed E-state index contributed by atoms with van der Waals surface area (Å²) in [5.74, 6) is -1.00. The zero-order valence-corrected chi connectivity index (χ0v) is 15.4. The molecule has 2 unspecified atom stereocenters. The molecule has 2 rings (SSSR count). The van der Waals surface area contributed by atoms with Crippen LogP contribution in [-0.2, 0) is 6.42 Å². The molecule has 0 saturated carbocycles. The Balaban J connectivity index is 2.37. The van der Waals surface area contributed by atoms with Gasteiger partial charge in [-0.15, -0.1) is 0 Å². The van der Waals surface area contributed by atoms with Crippen LogP contribution in [0.25, 0.3) is 0 Å². The van der Waals surface area contributed by atoms with E-state index in [1.807, 2.05) is 0 Å². The third kappa shape index (κ3) is 5.14. The molecule has 1 aliphatic rings. The average Bonchev–Trinajstić information content (AvgIpc) is 2.66. The van der Waals surface area contributed by atoms with Crippen LogP contribution in [0.1, 0.15) is 89.5 Å². The third-order valence-corrected chi connectivity index (χ3v) is 5.19. The predicted molar refractivity (Wildman–Crippen MR) is 106 cm³/mol. The summed E-state index contributed by atoms with van der Waals surface area (Å²) in [6.45, 7) is 1.31. The van der Waals surface area contributed by atoms with E-state index in [0.717, 1.165) is 24.8 Å². The summed E-state index contributed by atoms with van der Waals surface area (Å²) in [6, 6.07) is 3.31. The molecule has 0 fully saturated rings. The van der Waals surface area contributed by atoms with Crippen molar-refractivity contribution in [2.75, 3.05) is 0 Å². The summed E-state index contributed by atoms with van der Waals surface area (Å²) in [6.07, 6.45) is 8.81. The Hall–Kier alpha value is -1.70. The lowest BCUT2D eigenvalue weighted by molar-refractivity contribution is 0.406. The fourth-order valence-electron chi connectivity index (χ4n) is 3.78. The molecule has 0 aliphatic heterocycles. The van der Waals surface area contributed by atoms with Crippen LogP contribution >= 0.6 is 0 Å². The molecule has 2 nitrogen and oxygen atoms in total. The van der Waals surface area contributed by atoms with E-state index >= 15 is 0 Å². The van der Waals surface area contributed by atoms with Gasteiger partial charge >= 0.3 is 0 Å². The van der Waals surface area contributed by atoms with Gasteiger partial charge in [0.1, 0.15) is 11.5 Å².